The van der Waals surface area contributed by atoms with Crippen LogP contribution in [0.25, 0.3) is 0 Å². The molecule has 1 aliphatic rings. The Balaban J connectivity index is 2.09. The number of nitrogens with zero attached hydrogens (tertiary/aromatic N) is 2. The van der Waals surface area contributed by atoms with Gasteiger partial charge in [-0.25, -0.2) is 8.42 Å². The number of ether oxygens (including phenoxy) is 1. The molecule has 0 amide bonds. The molecular weight excluding hydrogens is 350 g/mol. The van der Waals surface area contributed by atoms with Crippen molar-refractivity contribution in [3.63, 3.8) is 0 Å². The van der Waals surface area contributed by atoms with Gasteiger partial charge in [0.05, 0.1) is 29.7 Å². The Morgan fingerprint density at radius 1 is 1.27 bits per heavy atom. The van der Waals surface area contributed by atoms with Crippen LogP contribution in [-0.2, 0) is 10.0 Å². The van der Waals surface area contributed by atoms with E-state index in [1.54, 1.807) is 26.2 Å². The molecule has 1 aliphatic heterocycles. The third-order valence-electron chi connectivity index (χ3n) is 4.60. The first kappa shape index (κ1) is 18.4. The molecule has 0 aliphatic carbocycles. The predicted molar refractivity (Wildman–Crippen MR) is 98.4 cm³/mol. The summed E-state index contributed by atoms with van der Waals surface area (Å²) in [5.74, 6) is 0.656. The molecule has 1 heterocycles. The fraction of sp³-hybridized carbons (Fsp3) is 0.316. The van der Waals surface area contributed by atoms with Crippen LogP contribution < -0.4 is 10.1 Å². The van der Waals surface area contributed by atoms with Crippen LogP contribution >= 0.6 is 0 Å². The Kier molecular flexibility index (Phi) is 5.28. The molecular formula is C19H21N3O3S. The SMILES string of the molecule is COc1ccccc1C1CNCCN1S(=O)(=O)c1cc(C#N)ccc1C. The molecule has 0 bridgehead atoms. The fourth-order valence-corrected chi connectivity index (χ4v) is 5.11. The van der Waals surface area contributed by atoms with Crippen molar-refractivity contribution < 1.29 is 13.2 Å². The number of rotatable bonds is 4. The summed E-state index contributed by atoms with van der Waals surface area (Å²) >= 11 is 0. The van der Waals surface area contributed by atoms with Crippen molar-refractivity contribution in [3.8, 4) is 11.8 Å². The summed E-state index contributed by atoms with van der Waals surface area (Å²) in [5, 5.41) is 12.4. The van der Waals surface area contributed by atoms with E-state index in [2.05, 4.69) is 5.32 Å². The van der Waals surface area contributed by atoms with E-state index < -0.39 is 10.0 Å². The van der Waals surface area contributed by atoms with Gasteiger partial charge in [0.1, 0.15) is 5.75 Å². The van der Waals surface area contributed by atoms with E-state index >= 15 is 0 Å². The predicted octanol–water partition coefficient (Wildman–Crippen LogP) is 2.21. The molecule has 2 aromatic carbocycles. The van der Waals surface area contributed by atoms with Gasteiger partial charge in [-0.1, -0.05) is 24.3 Å². The monoisotopic (exact) mass is 371 g/mol. The lowest BCUT2D eigenvalue weighted by molar-refractivity contribution is 0.264. The highest BCUT2D eigenvalue weighted by molar-refractivity contribution is 7.89. The van der Waals surface area contributed by atoms with Crippen LogP contribution in [0.4, 0.5) is 0 Å². The number of benzene rings is 2. The standard InChI is InChI=1S/C19H21N3O3S/c1-14-7-8-15(12-20)11-19(14)26(23,24)22-10-9-21-13-17(22)16-5-3-4-6-18(16)25-2/h3-8,11,17,21H,9-10,13H2,1-2H3. The number of methoxy groups -OCH3 is 1. The molecule has 0 saturated carbocycles. The fourth-order valence-electron chi connectivity index (χ4n) is 3.25. The Labute approximate surface area is 154 Å². The number of nitriles is 1. The van der Waals surface area contributed by atoms with E-state index in [1.807, 2.05) is 30.3 Å². The molecule has 3 rings (SSSR count). The van der Waals surface area contributed by atoms with Gasteiger partial charge in [-0.15, -0.1) is 0 Å². The third-order valence-corrected chi connectivity index (χ3v) is 6.65. The second kappa shape index (κ2) is 7.46. The van der Waals surface area contributed by atoms with Gasteiger partial charge in [-0.2, -0.15) is 9.57 Å². The molecule has 136 valence electrons. The van der Waals surface area contributed by atoms with E-state index in [1.165, 1.54) is 10.4 Å². The van der Waals surface area contributed by atoms with Crippen molar-refractivity contribution in [2.24, 2.45) is 0 Å². The van der Waals surface area contributed by atoms with Crippen LogP contribution in [0.5, 0.6) is 5.75 Å². The number of hydrogen-bond donors (Lipinski definition) is 1. The lowest BCUT2D eigenvalue weighted by Crippen LogP contribution is -2.48. The highest BCUT2D eigenvalue weighted by atomic mass is 32.2. The zero-order valence-electron chi connectivity index (χ0n) is 14.8. The lowest BCUT2D eigenvalue weighted by Gasteiger charge is -2.36. The maximum atomic E-state index is 13.4. The van der Waals surface area contributed by atoms with Crippen molar-refractivity contribution in [1.82, 2.24) is 9.62 Å². The Morgan fingerprint density at radius 3 is 2.77 bits per heavy atom. The van der Waals surface area contributed by atoms with E-state index in [-0.39, 0.29) is 10.9 Å². The quantitative estimate of drug-likeness (QED) is 0.891. The minimum Gasteiger partial charge on any atom is -0.496 e. The first-order chi connectivity index (χ1) is 12.5. The number of hydrogen-bond acceptors (Lipinski definition) is 5. The Morgan fingerprint density at radius 2 is 2.04 bits per heavy atom. The van der Waals surface area contributed by atoms with Crippen molar-refractivity contribution in [3.05, 3.63) is 59.2 Å². The second-order valence-electron chi connectivity index (χ2n) is 6.17. The average Bonchev–Trinajstić information content (AvgIpc) is 2.68. The first-order valence-electron chi connectivity index (χ1n) is 8.35. The molecule has 0 aromatic heterocycles. The van der Waals surface area contributed by atoms with Gasteiger partial charge < -0.3 is 10.1 Å². The van der Waals surface area contributed by atoms with Gasteiger partial charge in [0.15, 0.2) is 0 Å². The lowest BCUT2D eigenvalue weighted by atomic mass is 10.0. The van der Waals surface area contributed by atoms with Gasteiger partial charge in [0, 0.05) is 25.2 Å². The van der Waals surface area contributed by atoms with Crippen molar-refractivity contribution in [1.29, 1.82) is 5.26 Å². The van der Waals surface area contributed by atoms with Gasteiger partial charge in [-0.3, -0.25) is 0 Å². The molecule has 1 saturated heterocycles. The van der Waals surface area contributed by atoms with Crippen LogP contribution in [0, 0.1) is 18.3 Å². The van der Waals surface area contributed by atoms with E-state index in [9.17, 15) is 8.42 Å². The number of para-hydroxylation sites is 1. The molecule has 6 nitrogen and oxygen atoms in total. The third kappa shape index (κ3) is 3.31. The average molecular weight is 371 g/mol. The van der Waals surface area contributed by atoms with Crippen molar-refractivity contribution in [2.45, 2.75) is 17.9 Å². The smallest absolute Gasteiger partial charge is 0.244 e. The molecule has 1 fully saturated rings. The molecule has 0 spiro atoms. The minimum atomic E-state index is -3.76. The molecule has 1 N–H and O–H groups in total. The summed E-state index contributed by atoms with van der Waals surface area (Å²) in [6, 6.07) is 13.8. The summed E-state index contributed by atoms with van der Waals surface area (Å²) < 4.78 is 33.8. The van der Waals surface area contributed by atoms with Crippen LogP contribution in [0.2, 0.25) is 0 Å². The Hall–Kier alpha value is -2.40. The van der Waals surface area contributed by atoms with Gasteiger partial charge >= 0.3 is 0 Å². The minimum absolute atomic E-state index is 0.179. The normalized spacial score (nSPS) is 18.3. The van der Waals surface area contributed by atoms with Crippen LogP contribution in [-0.4, -0.2) is 39.5 Å². The van der Waals surface area contributed by atoms with Crippen molar-refractivity contribution >= 4 is 10.0 Å². The number of sulfonamides is 1. The van der Waals surface area contributed by atoms with Crippen LogP contribution in [0.1, 0.15) is 22.7 Å². The topological polar surface area (TPSA) is 82.4 Å². The van der Waals surface area contributed by atoms with Gasteiger partial charge in [0.2, 0.25) is 10.0 Å². The number of piperazine rings is 1. The van der Waals surface area contributed by atoms with E-state index in [4.69, 9.17) is 10.00 Å². The maximum Gasteiger partial charge on any atom is 0.244 e. The molecule has 2 aromatic rings. The second-order valence-corrected chi connectivity index (χ2v) is 8.03. The zero-order valence-corrected chi connectivity index (χ0v) is 15.6. The summed E-state index contributed by atoms with van der Waals surface area (Å²) in [5.41, 5.74) is 1.78. The maximum absolute atomic E-state index is 13.4. The molecule has 7 heteroatoms. The molecule has 0 radical (unpaired) electrons. The number of nitrogens with one attached hydrogen (secondary N) is 1. The Bertz CT molecular complexity index is 951. The first-order valence-corrected chi connectivity index (χ1v) is 9.79. The molecule has 26 heavy (non-hydrogen) atoms. The van der Waals surface area contributed by atoms with Crippen molar-refractivity contribution in [2.75, 3.05) is 26.7 Å². The largest absolute Gasteiger partial charge is 0.496 e. The van der Waals surface area contributed by atoms with Crippen LogP contribution in [0.15, 0.2) is 47.4 Å². The van der Waals surface area contributed by atoms with Gasteiger partial charge in [0.25, 0.3) is 0 Å². The summed E-state index contributed by atoms with van der Waals surface area (Å²) in [7, 11) is -2.18. The van der Waals surface area contributed by atoms with E-state index in [0.29, 0.717) is 36.5 Å². The van der Waals surface area contributed by atoms with Gasteiger partial charge in [-0.05, 0) is 30.7 Å². The summed E-state index contributed by atoms with van der Waals surface area (Å²) in [4.78, 5) is 0.179. The highest BCUT2D eigenvalue weighted by Gasteiger charge is 2.36. The summed E-state index contributed by atoms with van der Waals surface area (Å²) in [6.45, 7) is 3.16. The molecule has 1 atom stereocenters. The summed E-state index contributed by atoms with van der Waals surface area (Å²) in [6.07, 6.45) is 0. The number of aryl methyl sites for hydroxylation is 1. The highest BCUT2D eigenvalue weighted by Crippen LogP contribution is 2.34. The zero-order chi connectivity index (χ0) is 18.7. The van der Waals surface area contributed by atoms with E-state index in [0.717, 1.165) is 5.56 Å². The molecule has 1 unspecified atom stereocenters. The van der Waals surface area contributed by atoms with Crippen LogP contribution in [0.3, 0.4) is 0 Å².